The summed E-state index contributed by atoms with van der Waals surface area (Å²) in [5.74, 6) is 0.806. The molecule has 6 nitrogen and oxygen atoms in total. The molecule has 1 saturated heterocycles. The summed E-state index contributed by atoms with van der Waals surface area (Å²) >= 11 is 0. The molecule has 0 saturated carbocycles. The molecule has 0 aliphatic carbocycles. The van der Waals surface area contributed by atoms with Gasteiger partial charge in [-0.25, -0.2) is 0 Å². The summed E-state index contributed by atoms with van der Waals surface area (Å²) in [6, 6.07) is 4.22. The summed E-state index contributed by atoms with van der Waals surface area (Å²) in [6.45, 7) is 6.82. The Kier molecular flexibility index (Phi) is 6.95. The van der Waals surface area contributed by atoms with Gasteiger partial charge in [0.15, 0.2) is 0 Å². The van der Waals surface area contributed by atoms with Crippen LogP contribution in [0.3, 0.4) is 0 Å². The second-order valence-corrected chi connectivity index (χ2v) is 5.84. The second-order valence-electron chi connectivity index (χ2n) is 5.84. The zero-order valence-corrected chi connectivity index (χ0v) is 14.2. The van der Waals surface area contributed by atoms with Crippen LogP contribution in [0, 0.1) is 0 Å². The molecule has 1 fully saturated rings. The number of nitrogen functional groups attached to an aromatic ring is 2. The molecule has 2 rings (SSSR count). The Hall–Kier alpha value is -1.50. The lowest BCUT2D eigenvalue weighted by Crippen LogP contribution is -2.44. The number of methoxy groups -OCH3 is 1. The Morgan fingerprint density at radius 3 is 2.52 bits per heavy atom. The maximum atomic E-state index is 6.00. The highest BCUT2D eigenvalue weighted by Crippen LogP contribution is 2.29. The monoisotopic (exact) mass is 323 g/mol. The lowest BCUT2D eigenvalue weighted by atomic mass is 10.00. The van der Waals surface area contributed by atoms with Gasteiger partial charge in [-0.15, -0.1) is 0 Å². The lowest BCUT2D eigenvalue weighted by Gasteiger charge is -2.34. The molecule has 6 heteroatoms. The van der Waals surface area contributed by atoms with E-state index in [0.717, 1.165) is 50.5 Å². The minimum Gasteiger partial charge on any atom is -0.491 e. The molecule has 0 amide bonds. The van der Waals surface area contributed by atoms with Crippen LogP contribution in [0.2, 0.25) is 0 Å². The highest BCUT2D eigenvalue weighted by Gasteiger charge is 2.21. The molecule has 1 aromatic rings. The van der Waals surface area contributed by atoms with E-state index in [9.17, 15) is 0 Å². The van der Waals surface area contributed by atoms with Crippen LogP contribution >= 0.6 is 0 Å². The quantitative estimate of drug-likeness (QED) is 0.558. The van der Waals surface area contributed by atoms with Crippen molar-refractivity contribution < 1.29 is 14.2 Å². The minimum absolute atomic E-state index is 0.451. The maximum absolute atomic E-state index is 6.00. The predicted molar refractivity (Wildman–Crippen MR) is 92.8 cm³/mol. The summed E-state index contributed by atoms with van der Waals surface area (Å²) in [5.41, 5.74) is 14.2. The molecular weight excluding hydrogens is 294 g/mol. The van der Waals surface area contributed by atoms with Gasteiger partial charge < -0.3 is 25.7 Å². The number of nitrogens with zero attached hydrogens (tertiary/aromatic N) is 1. The van der Waals surface area contributed by atoms with E-state index >= 15 is 0 Å². The van der Waals surface area contributed by atoms with Crippen molar-refractivity contribution in [2.45, 2.75) is 25.8 Å². The van der Waals surface area contributed by atoms with Gasteiger partial charge in [-0.1, -0.05) is 6.92 Å². The predicted octanol–water partition coefficient (Wildman–Crippen LogP) is 1.53. The number of nitrogens with two attached hydrogens (primary N) is 2. The van der Waals surface area contributed by atoms with Gasteiger partial charge in [0.25, 0.3) is 0 Å². The van der Waals surface area contributed by atoms with Crippen LogP contribution in [0.4, 0.5) is 11.4 Å². The standard InChI is InChI=1S/C17H29N3O3/c1-3-14(20-4-6-22-7-5-20)10-13-11-15(18)16(19)12-17(13)23-9-8-21-2/h11-12,14H,3-10,18-19H2,1-2H3/t14-/m0/s1. The fourth-order valence-corrected chi connectivity index (χ4v) is 2.92. The van der Waals surface area contributed by atoms with E-state index in [0.29, 0.717) is 30.6 Å². The first-order valence-corrected chi connectivity index (χ1v) is 8.27. The van der Waals surface area contributed by atoms with Crippen LogP contribution in [0.25, 0.3) is 0 Å². The molecule has 0 aromatic heterocycles. The van der Waals surface area contributed by atoms with Crippen molar-refractivity contribution in [3.63, 3.8) is 0 Å². The maximum Gasteiger partial charge on any atom is 0.124 e. The van der Waals surface area contributed by atoms with Gasteiger partial charge in [-0.3, -0.25) is 4.90 Å². The van der Waals surface area contributed by atoms with Crippen LogP contribution in [-0.4, -0.2) is 57.6 Å². The van der Waals surface area contributed by atoms with Gasteiger partial charge in [0.1, 0.15) is 12.4 Å². The molecule has 130 valence electrons. The van der Waals surface area contributed by atoms with E-state index < -0.39 is 0 Å². The molecule has 1 aliphatic heterocycles. The smallest absolute Gasteiger partial charge is 0.124 e. The van der Waals surface area contributed by atoms with Gasteiger partial charge >= 0.3 is 0 Å². The molecule has 1 atom stereocenters. The van der Waals surface area contributed by atoms with Gasteiger partial charge in [-0.2, -0.15) is 0 Å². The third-order valence-corrected chi connectivity index (χ3v) is 4.30. The number of ether oxygens (including phenoxy) is 3. The average Bonchev–Trinajstić information content (AvgIpc) is 2.57. The fraction of sp³-hybridized carbons (Fsp3) is 0.647. The normalized spacial score (nSPS) is 17.1. The molecule has 0 spiro atoms. The van der Waals surface area contributed by atoms with Crippen molar-refractivity contribution >= 4 is 11.4 Å². The van der Waals surface area contributed by atoms with Crippen molar-refractivity contribution in [1.29, 1.82) is 0 Å². The fourth-order valence-electron chi connectivity index (χ4n) is 2.92. The third-order valence-electron chi connectivity index (χ3n) is 4.30. The third kappa shape index (κ3) is 4.99. The number of morpholine rings is 1. The summed E-state index contributed by atoms with van der Waals surface area (Å²) in [7, 11) is 1.66. The summed E-state index contributed by atoms with van der Waals surface area (Å²) in [5, 5.41) is 0. The van der Waals surface area contributed by atoms with Gasteiger partial charge in [0.2, 0.25) is 0 Å². The topological polar surface area (TPSA) is 83.0 Å². The molecule has 0 radical (unpaired) electrons. The average molecular weight is 323 g/mol. The van der Waals surface area contributed by atoms with E-state index in [1.54, 1.807) is 7.11 Å². The van der Waals surface area contributed by atoms with E-state index in [-0.39, 0.29) is 0 Å². The summed E-state index contributed by atoms with van der Waals surface area (Å²) in [4.78, 5) is 2.48. The largest absolute Gasteiger partial charge is 0.491 e. The molecule has 1 aliphatic rings. The first kappa shape index (κ1) is 17.8. The van der Waals surface area contributed by atoms with Gasteiger partial charge in [0.05, 0.1) is 31.2 Å². The van der Waals surface area contributed by atoms with Crippen LogP contribution in [0.5, 0.6) is 5.75 Å². The molecule has 1 heterocycles. The van der Waals surface area contributed by atoms with Crippen molar-refractivity contribution in [2.24, 2.45) is 0 Å². The highest BCUT2D eigenvalue weighted by molar-refractivity contribution is 5.67. The Morgan fingerprint density at radius 2 is 1.87 bits per heavy atom. The molecular formula is C17H29N3O3. The summed E-state index contributed by atoms with van der Waals surface area (Å²) in [6.07, 6.45) is 1.96. The van der Waals surface area contributed by atoms with E-state index in [4.69, 9.17) is 25.7 Å². The first-order chi connectivity index (χ1) is 11.2. The Morgan fingerprint density at radius 1 is 1.17 bits per heavy atom. The van der Waals surface area contributed by atoms with Crippen LogP contribution in [-0.2, 0) is 15.9 Å². The zero-order chi connectivity index (χ0) is 16.7. The Labute approximate surface area is 138 Å². The summed E-state index contributed by atoms with van der Waals surface area (Å²) < 4.78 is 16.3. The lowest BCUT2D eigenvalue weighted by molar-refractivity contribution is 0.0157. The number of benzene rings is 1. The molecule has 0 bridgehead atoms. The van der Waals surface area contributed by atoms with Crippen molar-refractivity contribution in [3.8, 4) is 5.75 Å². The number of hydrogen-bond acceptors (Lipinski definition) is 6. The van der Waals surface area contributed by atoms with E-state index in [1.165, 1.54) is 0 Å². The zero-order valence-electron chi connectivity index (χ0n) is 14.2. The number of rotatable bonds is 8. The van der Waals surface area contributed by atoms with E-state index in [2.05, 4.69) is 11.8 Å². The first-order valence-electron chi connectivity index (χ1n) is 8.27. The second kappa shape index (κ2) is 8.96. The molecule has 4 N–H and O–H groups in total. The van der Waals surface area contributed by atoms with Crippen molar-refractivity contribution in [2.75, 3.05) is 58.1 Å². The minimum atomic E-state index is 0.451. The van der Waals surface area contributed by atoms with Crippen LogP contribution in [0.15, 0.2) is 12.1 Å². The number of anilines is 2. The highest BCUT2D eigenvalue weighted by atomic mass is 16.5. The van der Waals surface area contributed by atoms with Crippen molar-refractivity contribution in [3.05, 3.63) is 17.7 Å². The van der Waals surface area contributed by atoms with Crippen LogP contribution in [0.1, 0.15) is 18.9 Å². The Bertz CT molecular complexity index is 490. The van der Waals surface area contributed by atoms with E-state index in [1.807, 2.05) is 12.1 Å². The van der Waals surface area contributed by atoms with Crippen molar-refractivity contribution in [1.82, 2.24) is 4.90 Å². The van der Waals surface area contributed by atoms with Crippen LogP contribution < -0.4 is 16.2 Å². The molecule has 23 heavy (non-hydrogen) atoms. The molecule has 1 aromatic carbocycles. The number of hydrogen-bond donors (Lipinski definition) is 2. The van der Waals surface area contributed by atoms with Gasteiger partial charge in [0, 0.05) is 32.3 Å². The molecule has 0 unspecified atom stereocenters. The Balaban J connectivity index is 2.13. The van der Waals surface area contributed by atoms with Gasteiger partial charge in [-0.05, 0) is 24.5 Å². The SMILES string of the molecule is CC[C@@H](Cc1cc(N)c(N)cc1OCCOC)N1CCOCC1.